The van der Waals surface area contributed by atoms with Gasteiger partial charge in [0.2, 0.25) is 21.9 Å². The van der Waals surface area contributed by atoms with Crippen LogP contribution in [0.4, 0.5) is 5.69 Å². The Balaban J connectivity index is 2.02. The molecule has 1 aromatic carbocycles. The fourth-order valence-corrected chi connectivity index (χ4v) is 6.34. The van der Waals surface area contributed by atoms with E-state index in [1.807, 2.05) is 20.0 Å². The van der Waals surface area contributed by atoms with Crippen LogP contribution in [0.2, 0.25) is 18.1 Å². The normalized spacial score (nSPS) is 17.6. The lowest BCUT2D eigenvalue weighted by atomic mass is 10.1. The number of nitrogens with zero attached hydrogens (tertiary/aromatic N) is 3. The summed E-state index contributed by atoms with van der Waals surface area (Å²) in [7, 11) is -3.83. The van der Waals surface area contributed by atoms with Crippen LogP contribution >= 0.6 is 0 Å². The zero-order valence-corrected chi connectivity index (χ0v) is 28.2. The summed E-state index contributed by atoms with van der Waals surface area (Å²) < 4.78 is 53.3. The van der Waals surface area contributed by atoms with Crippen LogP contribution in [0.3, 0.4) is 0 Å². The molecule has 0 spiro atoms. The second kappa shape index (κ2) is 14.0. The molecule has 0 unspecified atom stereocenters. The van der Waals surface area contributed by atoms with Gasteiger partial charge in [-0.05, 0) is 56.1 Å². The molecule has 15 heteroatoms. The van der Waals surface area contributed by atoms with E-state index in [1.54, 1.807) is 30.6 Å². The zero-order chi connectivity index (χ0) is 32.0. The first-order valence-electron chi connectivity index (χ1n) is 14.0. The van der Waals surface area contributed by atoms with Crippen molar-refractivity contribution in [2.24, 2.45) is 10.9 Å². The summed E-state index contributed by atoms with van der Waals surface area (Å²) in [6, 6.07) is 5.02. The van der Waals surface area contributed by atoms with Gasteiger partial charge in [0.05, 0.1) is 26.7 Å². The molecule has 0 aliphatic carbocycles. The van der Waals surface area contributed by atoms with Crippen molar-refractivity contribution in [1.29, 1.82) is 0 Å². The lowest BCUT2D eigenvalue weighted by Gasteiger charge is -2.40. The first-order chi connectivity index (χ1) is 20.1. The van der Waals surface area contributed by atoms with Crippen LogP contribution in [-0.4, -0.2) is 71.3 Å². The Labute approximate surface area is 255 Å². The topological polar surface area (TPSA) is 162 Å². The van der Waals surface area contributed by atoms with Crippen molar-refractivity contribution >= 4 is 35.9 Å². The Hall–Kier alpha value is -3.27. The summed E-state index contributed by atoms with van der Waals surface area (Å²) >= 11 is 0. The number of carbonyl (C=O) groups is 1. The van der Waals surface area contributed by atoms with E-state index in [9.17, 15) is 13.2 Å². The SMILES string of the molecule is COc1cccc(OC)c1/N=C(/NNC(=O)[C@H]1CCOC1)NS(=O)(=O)[C@@H](C)[C@H](O[Si](C)(C)C(C)(C)C)c1ncc(C)cn1. The van der Waals surface area contributed by atoms with Gasteiger partial charge in [-0.3, -0.25) is 20.4 Å². The van der Waals surface area contributed by atoms with Crippen molar-refractivity contribution < 1.29 is 31.8 Å². The molecule has 2 heterocycles. The molecular weight excluding hydrogens is 592 g/mol. The highest BCUT2D eigenvalue weighted by Gasteiger charge is 2.44. The van der Waals surface area contributed by atoms with Gasteiger partial charge in [-0.15, -0.1) is 0 Å². The van der Waals surface area contributed by atoms with Crippen LogP contribution in [-0.2, 0) is 24.0 Å². The summed E-state index contributed by atoms with van der Waals surface area (Å²) in [5, 5.41) is -1.38. The minimum atomic E-state index is -4.24. The molecule has 1 aromatic heterocycles. The summed E-state index contributed by atoms with van der Waals surface area (Å²) in [5.41, 5.74) is 6.23. The van der Waals surface area contributed by atoms with Crippen LogP contribution < -0.4 is 25.0 Å². The van der Waals surface area contributed by atoms with Gasteiger partial charge < -0.3 is 18.6 Å². The number of aromatic nitrogens is 2. The fourth-order valence-electron chi connectivity index (χ4n) is 3.89. The number of guanidine groups is 1. The third-order valence-electron chi connectivity index (χ3n) is 7.67. The van der Waals surface area contributed by atoms with Gasteiger partial charge in [0.15, 0.2) is 19.8 Å². The van der Waals surface area contributed by atoms with E-state index in [0.29, 0.717) is 24.5 Å². The molecule has 43 heavy (non-hydrogen) atoms. The molecule has 0 radical (unpaired) electrons. The zero-order valence-electron chi connectivity index (χ0n) is 26.3. The number of aliphatic imine (C=N–C) groups is 1. The van der Waals surface area contributed by atoms with Gasteiger partial charge in [-0.25, -0.2) is 23.4 Å². The van der Waals surface area contributed by atoms with Gasteiger partial charge in [-0.2, -0.15) is 0 Å². The third-order valence-corrected chi connectivity index (χ3v) is 13.8. The number of ether oxygens (including phenoxy) is 3. The highest BCUT2D eigenvalue weighted by atomic mass is 32.2. The summed E-state index contributed by atoms with van der Waals surface area (Å²) in [5.74, 6) is -0.122. The van der Waals surface area contributed by atoms with Crippen molar-refractivity contribution in [3.8, 4) is 11.5 Å². The molecule has 0 saturated carbocycles. The number of aryl methyl sites for hydroxylation is 1. The molecule has 3 atom stereocenters. The first kappa shape index (κ1) is 34.2. The van der Waals surface area contributed by atoms with E-state index in [1.165, 1.54) is 21.1 Å². The molecule has 1 amide bonds. The molecule has 2 aromatic rings. The highest BCUT2D eigenvalue weighted by molar-refractivity contribution is 7.90. The number of nitrogens with one attached hydrogen (secondary N) is 3. The van der Waals surface area contributed by atoms with Crippen LogP contribution in [0.15, 0.2) is 35.6 Å². The largest absolute Gasteiger partial charge is 0.494 e. The monoisotopic (exact) mass is 636 g/mol. The van der Waals surface area contributed by atoms with Crippen LogP contribution in [0.1, 0.15) is 51.6 Å². The number of methoxy groups -OCH3 is 2. The van der Waals surface area contributed by atoms with Gasteiger partial charge in [0, 0.05) is 19.0 Å². The lowest BCUT2D eigenvalue weighted by Crippen LogP contribution is -2.53. The Bertz CT molecular complexity index is 1370. The summed E-state index contributed by atoms with van der Waals surface area (Å²) in [6.07, 6.45) is 2.81. The lowest BCUT2D eigenvalue weighted by molar-refractivity contribution is -0.125. The number of rotatable bonds is 10. The minimum Gasteiger partial charge on any atom is -0.494 e. The van der Waals surface area contributed by atoms with E-state index in [2.05, 4.69) is 51.3 Å². The Morgan fingerprint density at radius 3 is 2.23 bits per heavy atom. The molecular formula is C28H44N6O7SSi. The van der Waals surface area contributed by atoms with Crippen molar-refractivity contribution in [3.63, 3.8) is 0 Å². The predicted octanol–water partition coefficient (Wildman–Crippen LogP) is 3.52. The molecule has 13 nitrogen and oxygen atoms in total. The number of hydrazine groups is 1. The average molecular weight is 637 g/mol. The average Bonchev–Trinajstić information content (AvgIpc) is 3.49. The number of hydrogen-bond donors (Lipinski definition) is 3. The van der Waals surface area contributed by atoms with Crippen LogP contribution in [0, 0.1) is 12.8 Å². The predicted molar refractivity (Wildman–Crippen MR) is 166 cm³/mol. The Morgan fingerprint density at radius 1 is 1.12 bits per heavy atom. The molecule has 3 N–H and O–H groups in total. The molecule has 1 fully saturated rings. The second-order valence-electron chi connectivity index (χ2n) is 11.9. The molecule has 238 valence electrons. The van der Waals surface area contributed by atoms with E-state index >= 15 is 0 Å². The second-order valence-corrected chi connectivity index (χ2v) is 18.7. The third kappa shape index (κ3) is 8.65. The number of sulfonamides is 1. The summed E-state index contributed by atoms with van der Waals surface area (Å²) in [4.78, 5) is 26.1. The number of hydrogen-bond acceptors (Lipinski definition) is 10. The fraction of sp³-hybridized carbons (Fsp3) is 0.571. The van der Waals surface area contributed by atoms with Crippen molar-refractivity contribution in [3.05, 3.63) is 42.0 Å². The quantitative estimate of drug-likeness (QED) is 0.152. The summed E-state index contributed by atoms with van der Waals surface area (Å²) in [6.45, 7) is 14.4. The maximum atomic E-state index is 14.0. The van der Waals surface area contributed by atoms with Crippen LogP contribution in [0.25, 0.3) is 0 Å². The molecule has 1 aliphatic heterocycles. The van der Waals surface area contributed by atoms with E-state index < -0.39 is 29.7 Å². The molecule has 1 aliphatic rings. The van der Waals surface area contributed by atoms with Crippen molar-refractivity contribution in [2.75, 3.05) is 27.4 Å². The molecule has 1 saturated heterocycles. The number of amides is 1. The smallest absolute Gasteiger partial charge is 0.243 e. The number of benzene rings is 1. The standard InChI is InChI=1S/C28H44N6O7SSi/c1-18-15-29-25(30-16-18)24(41-43(8,9)28(3,4)5)19(2)42(36,37)34-27(33-32-26(35)20-13-14-40-17-20)31-23-21(38-6)11-10-12-22(23)39-7/h10-12,15-16,19-20,24H,13-14,17H2,1-9H3,(H,32,35)(H2,31,33,34)/t19-,20-,24-/m0/s1. The molecule has 0 bridgehead atoms. The number of carbonyl (C=O) groups excluding carboxylic acids is 1. The maximum absolute atomic E-state index is 14.0. The van der Waals surface area contributed by atoms with E-state index in [0.717, 1.165) is 5.56 Å². The highest BCUT2D eigenvalue weighted by Crippen LogP contribution is 2.41. The maximum Gasteiger partial charge on any atom is 0.243 e. The van der Waals surface area contributed by atoms with Crippen molar-refractivity contribution in [1.82, 2.24) is 25.5 Å². The van der Waals surface area contributed by atoms with Gasteiger partial charge in [0.1, 0.15) is 22.9 Å². The van der Waals surface area contributed by atoms with Gasteiger partial charge in [0.25, 0.3) is 0 Å². The first-order valence-corrected chi connectivity index (χ1v) is 18.5. The number of para-hydroxylation sites is 1. The Kier molecular flexibility index (Phi) is 11.1. The Morgan fingerprint density at radius 2 is 1.72 bits per heavy atom. The van der Waals surface area contributed by atoms with E-state index in [-0.39, 0.29) is 40.9 Å². The van der Waals surface area contributed by atoms with Gasteiger partial charge in [-0.1, -0.05) is 26.8 Å². The minimum absolute atomic E-state index is 0.208. The van der Waals surface area contributed by atoms with Gasteiger partial charge >= 0.3 is 0 Å². The van der Waals surface area contributed by atoms with Crippen molar-refractivity contribution in [2.45, 2.75) is 70.5 Å². The van der Waals surface area contributed by atoms with Crippen LogP contribution in [0.5, 0.6) is 11.5 Å². The van der Waals surface area contributed by atoms with E-state index in [4.69, 9.17) is 18.6 Å². The molecule has 3 rings (SSSR count).